The van der Waals surface area contributed by atoms with E-state index < -0.39 is 10.7 Å². The summed E-state index contributed by atoms with van der Waals surface area (Å²) < 4.78 is 18.0. The van der Waals surface area contributed by atoms with Crippen LogP contribution in [0.2, 0.25) is 0 Å². The van der Waals surface area contributed by atoms with Crippen molar-refractivity contribution >= 4 is 11.4 Å². The Bertz CT molecular complexity index is 406. The summed E-state index contributed by atoms with van der Waals surface area (Å²) >= 11 is 0. The number of halogens is 1. The number of nitro groups is 1. The molecule has 6 heteroatoms. The summed E-state index contributed by atoms with van der Waals surface area (Å²) in [4.78, 5) is 10.2. The van der Waals surface area contributed by atoms with Gasteiger partial charge in [0.1, 0.15) is 11.5 Å². The van der Waals surface area contributed by atoms with Gasteiger partial charge in [-0.25, -0.2) is 4.39 Å². The minimum absolute atomic E-state index is 0.0239. The highest BCUT2D eigenvalue weighted by atomic mass is 19.1. The first kappa shape index (κ1) is 14.4. The van der Waals surface area contributed by atoms with Crippen LogP contribution in [0.4, 0.5) is 15.8 Å². The highest BCUT2D eigenvalue weighted by molar-refractivity contribution is 5.61. The molecule has 0 bridgehead atoms. The van der Waals surface area contributed by atoms with Gasteiger partial charge in [-0.1, -0.05) is 13.3 Å². The SMILES string of the molecule is CCCC(COC)Nc1ccc(F)cc1[N+](=O)[O-]. The van der Waals surface area contributed by atoms with E-state index in [0.717, 1.165) is 18.9 Å². The molecule has 0 fully saturated rings. The Morgan fingerprint density at radius 2 is 2.28 bits per heavy atom. The van der Waals surface area contributed by atoms with E-state index in [1.807, 2.05) is 6.92 Å². The van der Waals surface area contributed by atoms with Crippen molar-refractivity contribution in [1.82, 2.24) is 0 Å². The van der Waals surface area contributed by atoms with Crippen molar-refractivity contribution in [2.45, 2.75) is 25.8 Å². The minimum atomic E-state index is -0.619. The van der Waals surface area contributed by atoms with Crippen molar-refractivity contribution < 1.29 is 14.1 Å². The average molecular weight is 256 g/mol. The number of nitrogens with zero attached hydrogens (tertiary/aromatic N) is 1. The fourth-order valence-corrected chi connectivity index (χ4v) is 1.74. The molecule has 100 valence electrons. The summed E-state index contributed by atoms with van der Waals surface area (Å²) in [6.07, 6.45) is 1.75. The molecule has 0 saturated heterocycles. The summed E-state index contributed by atoms with van der Waals surface area (Å²) in [5.74, 6) is -0.619. The zero-order valence-corrected chi connectivity index (χ0v) is 10.5. The van der Waals surface area contributed by atoms with Gasteiger partial charge in [0.25, 0.3) is 5.69 Å². The van der Waals surface area contributed by atoms with Crippen LogP contribution >= 0.6 is 0 Å². The van der Waals surface area contributed by atoms with Crippen LogP contribution in [-0.4, -0.2) is 24.7 Å². The van der Waals surface area contributed by atoms with Gasteiger partial charge in [-0.05, 0) is 18.6 Å². The Morgan fingerprint density at radius 1 is 1.56 bits per heavy atom. The van der Waals surface area contributed by atoms with Crippen molar-refractivity contribution in [1.29, 1.82) is 0 Å². The molecule has 0 aliphatic rings. The molecule has 0 amide bonds. The molecule has 0 aliphatic heterocycles. The van der Waals surface area contributed by atoms with E-state index in [1.54, 1.807) is 7.11 Å². The Labute approximate surface area is 105 Å². The Kier molecular flexibility index (Phi) is 5.51. The number of ether oxygens (including phenoxy) is 1. The molecule has 5 nitrogen and oxygen atoms in total. The lowest BCUT2D eigenvalue weighted by molar-refractivity contribution is -0.384. The molecule has 1 unspecified atom stereocenters. The number of nitro benzene ring substituents is 1. The third kappa shape index (κ3) is 3.96. The summed E-state index contributed by atoms with van der Waals surface area (Å²) in [5, 5.41) is 13.9. The fourth-order valence-electron chi connectivity index (χ4n) is 1.74. The molecule has 1 N–H and O–H groups in total. The third-order valence-electron chi connectivity index (χ3n) is 2.52. The summed E-state index contributed by atoms with van der Waals surface area (Å²) in [5.41, 5.74) is 0.0594. The molecule has 0 aromatic heterocycles. The maximum atomic E-state index is 13.0. The molecule has 1 atom stereocenters. The molecular formula is C12H17FN2O3. The van der Waals surface area contributed by atoms with Crippen LogP contribution in [0.5, 0.6) is 0 Å². The Hall–Kier alpha value is -1.69. The van der Waals surface area contributed by atoms with Crippen molar-refractivity contribution in [2.75, 3.05) is 19.0 Å². The Balaban J connectivity index is 2.90. The van der Waals surface area contributed by atoms with Crippen LogP contribution in [0.15, 0.2) is 18.2 Å². The Morgan fingerprint density at radius 3 is 2.83 bits per heavy atom. The van der Waals surface area contributed by atoms with Crippen molar-refractivity contribution in [3.8, 4) is 0 Å². The zero-order valence-electron chi connectivity index (χ0n) is 10.5. The number of hydrogen-bond acceptors (Lipinski definition) is 4. The lowest BCUT2D eigenvalue weighted by Gasteiger charge is -2.18. The molecule has 1 rings (SSSR count). The first-order chi connectivity index (χ1) is 8.58. The second-order valence-corrected chi connectivity index (χ2v) is 4.00. The van der Waals surface area contributed by atoms with Crippen LogP contribution in [-0.2, 0) is 4.74 Å². The van der Waals surface area contributed by atoms with Gasteiger partial charge in [-0.15, -0.1) is 0 Å². The van der Waals surface area contributed by atoms with Crippen LogP contribution in [0, 0.1) is 15.9 Å². The standard InChI is InChI=1S/C12H17FN2O3/c1-3-4-10(8-18-2)14-11-6-5-9(13)7-12(11)15(16)17/h5-7,10,14H,3-4,8H2,1-2H3. The van der Waals surface area contributed by atoms with E-state index in [-0.39, 0.29) is 11.7 Å². The topological polar surface area (TPSA) is 64.4 Å². The van der Waals surface area contributed by atoms with Crippen molar-refractivity contribution in [2.24, 2.45) is 0 Å². The van der Waals surface area contributed by atoms with Crippen LogP contribution in [0.25, 0.3) is 0 Å². The number of benzene rings is 1. The highest BCUT2D eigenvalue weighted by Crippen LogP contribution is 2.26. The smallest absolute Gasteiger partial charge is 0.295 e. The first-order valence-corrected chi connectivity index (χ1v) is 5.77. The number of methoxy groups -OCH3 is 1. The van der Waals surface area contributed by atoms with Gasteiger partial charge < -0.3 is 10.1 Å². The lowest BCUT2D eigenvalue weighted by atomic mass is 10.1. The monoisotopic (exact) mass is 256 g/mol. The molecule has 0 radical (unpaired) electrons. The quantitative estimate of drug-likeness (QED) is 0.601. The molecule has 1 aromatic carbocycles. The van der Waals surface area contributed by atoms with E-state index in [4.69, 9.17) is 4.74 Å². The van der Waals surface area contributed by atoms with E-state index in [9.17, 15) is 14.5 Å². The number of anilines is 1. The van der Waals surface area contributed by atoms with E-state index in [1.165, 1.54) is 12.1 Å². The van der Waals surface area contributed by atoms with Gasteiger partial charge in [0, 0.05) is 13.2 Å². The van der Waals surface area contributed by atoms with Gasteiger partial charge in [0.2, 0.25) is 0 Å². The van der Waals surface area contributed by atoms with E-state index in [0.29, 0.717) is 12.3 Å². The van der Waals surface area contributed by atoms with Crippen LogP contribution in [0.3, 0.4) is 0 Å². The normalized spacial score (nSPS) is 12.2. The van der Waals surface area contributed by atoms with Gasteiger partial charge in [-0.3, -0.25) is 10.1 Å². The van der Waals surface area contributed by atoms with Gasteiger partial charge >= 0.3 is 0 Å². The van der Waals surface area contributed by atoms with Crippen molar-refractivity contribution in [3.05, 3.63) is 34.1 Å². The van der Waals surface area contributed by atoms with Gasteiger partial charge in [0.15, 0.2) is 0 Å². The zero-order chi connectivity index (χ0) is 13.5. The molecule has 0 heterocycles. The molecule has 1 aromatic rings. The summed E-state index contributed by atoms with van der Waals surface area (Å²) in [6.45, 7) is 2.46. The summed E-state index contributed by atoms with van der Waals surface area (Å²) in [6, 6.07) is 3.47. The van der Waals surface area contributed by atoms with Gasteiger partial charge in [-0.2, -0.15) is 0 Å². The van der Waals surface area contributed by atoms with E-state index in [2.05, 4.69) is 5.32 Å². The first-order valence-electron chi connectivity index (χ1n) is 5.77. The predicted octanol–water partition coefficient (Wildman–Crippen LogP) is 2.96. The average Bonchev–Trinajstić information content (AvgIpc) is 2.32. The van der Waals surface area contributed by atoms with Crippen LogP contribution in [0.1, 0.15) is 19.8 Å². The highest BCUT2D eigenvalue weighted by Gasteiger charge is 2.17. The molecule has 0 saturated carbocycles. The second-order valence-electron chi connectivity index (χ2n) is 4.00. The van der Waals surface area contributed by atoms with Crippen LogP contribution < -0.4 is 5.32 Å². The molecule has 0 spiro atoms. The lowest BCUT2D eigenvalue weighted by Crippen LogP contribution is -2.25. The largest absolute Gasteiger partial charge is 0.383 e. The fraction of sp³-hybridized carbons (Fsp3) is 0.500. The molecule has 0 aliphatic carbocycles. The maximum Gasteiger partial charge on any atom is 0.295 e. The van der Waals surface area contributed by atoms with Gasteiger partial charge in [0.05, 0.1) is 17.6 Å². The third-order valence-corrected chi connectivity index (χ3v) is 2.52. The summed E-state index contributed by atoms with van der Waals surface area (Å²) in [7, 11) is 1.57. The second kappa shape index (κ2) is 6.90. The van der Waals surface area contributed by atoms with E-state index >= 15 is 0 Å². The van der Waals surface area contributed by atoms with Crippen molar-refractivity contribution in [3.63, 3.8) is 0 Å². The molecular weight excluding hydrogens is 239 g/mol. The molecule has 18 heavy (non-hydrogen) atoms. The maximum absolute atomic E-state index is 13.0. The number of rotatable bonds is 7. The predicted molar refractivity (Wildman–Crippen MR) is 67.2 cm³/mol. The number of hydrogen-bond donors (Lipinski definition) is 1. The number of nitrogens with one attached hydrogen (secondary N) is 1. The minimum Gasteiger partial charge on any atom is -0.383 e.